The Kier molecular flexibility index (Phi) is 3.02. The van der Waals surface area contributed by atoms with Crippen LogP contribution in [0.2, 0.25) is 0 Å². The molecule has 15 heavy (non-hydrogen) atoms. The van der Waals surface area contributed by atoms with Crippen molar-refractivity contribution in [2.75, 3.05) is 0 Å². The Bertz CT molecular complexity index is 453. The van der Waals surface area contributed by atoms with Crippen molar-refractivity contribution in [2.24, 2.45) is 0 Å². The first-order chi connectivity index (χ1) is 7.29. The van der Waals surface area contributed by atoms with Crippen molar-refractivity contribution in [3.63, 3.8) is 0 Å². The minimum Gasteiger partial charge on any atom is -0.250 e. The highest BCUT2D eigenvalue weighted by Crippen LogP contribution is 2.04. The third kappa shape index (κ3) is 2.36. The van der Waals surface area contributed by atoms with Crippen molar-refractivity contribution in [1.29, 1.82) is 0 Å². The molecule has 2 nitrogen and oxygen atoms in total. The van der Waals surface area contributed by atoms with Crippen molar-refractivity contribution in [3.05, 3.63) is 53.9 Å². The second-order valence-corrected chi connectivity index (χ2v) is 3.59. The van der Waals surface area contributed by atoms with Gasteiger partial charge in [0.15, 0.2) is 5.69 Å². The van der Waals surface area contributed by atoms with Gasteiger partial charge in [-0.15, -0.1) is 11.6 Å². The van der Waals surface area contributed by atoms with Gasteiger partial charge >= 0.3 is 0 Å². The van der Waals surface area contributed by atoms with Crippen LogP contribution < -0.4 is 4.57 Å². The summed E-state index contributed by atoms with van der Waals surface area (Å²) in [6.45, 7) is 0.628. The highest BCUT2D eigenvalue weighted by Gasteiger charge is 2.08. The number of alkyl halides is 1. The van der Waals surface area contributed by atoms with Gasteiger partial charge in [0.05, 0.1) is 5.88 Å². The summed E-state index contributed by atoms with van der Waals surface area (Å²) in [7, 11) is 0. The van der Waals surface area contributed by atoms with E-state index in [0.29, 0.717) is 12.4 Å². The Morgan fingerprint density at radius 1 is 1.40 bits per heavy atom. The first-order valence-corrected chi connectivity index (χ1v) is 5.18. The van der Waals surface area contributed by atoms with Gasteiger partial charge in [0.1, 0.15) is 18.6 Å². The molecule has 2 aromatic rings. The zero-order valence-corrected chi connectivity index (χ0v) is 8.84. The summed E-state index contributed by atoms with van der Waals surface area (Å²) in [5.41, 5.74) is 1.91. The van der Waals surface area contributed by atoms with E-state index in [4.69, 9.17) is 11.6 Å². The van der Waals surface area contributed by atoms with Gasteiger partial charge < -0.3 is 0 Å². The van der Waals surface area contributed by atoms with E-state index < -0.39 is 0 Å². The number of H-pyrrole nitrogens is 1. The van der Waals surface area contributed by atoms with Crippen molar-refractivity contribution >= 4 is 11.6 Å². The van der Waals surface area contributed by atoms with Crippen LogP contribution in [-0.4, -0.2) is 4.98 Å². The first kappa shape index (κ1) is 10.2. The Morgan fingerprint density at radius 3 is 3.00 bits per heavy atom. The van der Waals surface area contributed by atoms with Crippen molar-refractivity contribution in [1.82, 2.24) is 4.98 Å². The molecule has 0 saturated carbocycles. The van der Waals surface area contributed by atoms with Gasteiger partial charge in [0.2, 0.25) is 6.33 Å². The predicted octanol–water partition coefficient (Wildman–Crippen LogP) is 2.23. The molecular formula is C11H11ClFN2+. The first-order valence-electron chi connectivity index (χ1n) is 4.65. The Balaban J connectivity index is 2.22. The quantitative estimate of drug-likeness (QED) is 0.611. The lowest BCUT2D eigenvalue weighted by Gasteiger charge is -2.00. The number of aromatic amines is 1. The highest BCUT2D eigenvalue weighted by atomic mass is 35.5. The monoisotopic (exact) mass is 225 g/mol. The molecule has 78 valence electrons. The molecule has 0 radical (unpaired) electrons. The lowest BCUT2D eigenvalue weighted by molar-refractivity contribution is -0.693. The van der Waals surface area contributed by atoms with E-state index in [1.54, 1.807) is 6.07 Å². The SMILES string of the molecule is Fc1cccc(C[n+]2c[nH]cc2CCl)c1. The Morgan fingerprint density at radius 2 is 2.27 bits per heavy atom. The number of hydrogen-bond donors (Lipinski definition) is 1. The van der Waals surface area contributed by atoms with Crippen LogP contribution in [0.3, 0.4) is 0 Å². The molecule has 0 aliphatic heterocycles. The average Bonchev–Trinajstić information content (AvgIpc) is 2.65. The van der Waals surface area contributed by atoms with E-state index in [1.807, 2.05) is 23.2 Å². The van der Waals surface area contributed by atoms with E-state index in [1.165, 1.54) is 12.1 Å². The van der Waals surface area contributed by atoms with Crippen LogP contribution in [0.4, 0.5) is 4.39 Å². The number of benzene rings is 1. The molecule has 0 aliphatic rings. The Labute approximate surface area is 92.3 Å². The lowest BCUT2D eigenvalue weighted by Crippen LogP contribution is -2.35. The fourth-order valence-corrected chi connectivity index (χ4v) is 1.71. The van der Waals surface area contributed by atoms with Gasteiger partial charge in [-0.05, 0) is 17.7 Å². The molecule has 0 fully saturated rings. The average molecular weight is 226 g/mol. The van der Waals surface area contributed by atoms with Crippen molar-refractivity contribution < 1.29 is 8.96 Å². The maximum Gasteiger partial charge on any atom is 0.242 e. The number of nitrogens with one attached hydrogen (secondary N) is 1. The minimum atomic E-state index is -0.212. The van der Waals surface area contributed by atoms with Gasteiger partial charge in [-0.25, -0.2) is 13.9 Å². The summed E-state index contributed by atoms with van der Waals surface area (Å²) in [4.78, 5) is 2.97. The summed E-state index contributed by atoms with van der Waals surface area (Å²) in [5.74, 6) is 0.231. The summed E-state index contributed by atoms with van der Waals surface area (Å²) in [6, 6.07) is 6.56. The minimum absolute atomic E-state index is 0.212. The zero-order valence-electron chi connectivity index (χ0n) is 8.08. The maximum atomic E-state index is 12.9. The zero-order chi connectivity index (χ0) is 10.7. The number of rotatable bonds is 3. The molecule has 0 amide bonds. The number of hydrogen-bond acceptors (Lipinski definition) is 0. The van der Waals surface area contributed by atoms with Gasteiger partial charge in [-0.2, -0.15) is 0 Å². The lowest BCUT2D eigenvalue weighted by atomic mass is 10.2. The smallest absolute Gasteiger partial charge is 0.242 e. The van der Waals surface area contributed by atoms with Crippen LogP contribution in [0.1, 0.15) is 11.3 Å². The van der Waals surface area contributed by atoms with Crippen molar-refractivity contribution in [2.45, 2.75) is 12.4 Å². The van der Waals surface area contributed by atoms with Crippen LogP contribution in [-0.2, 0) is 12.4 Å². The molecule has 1 aromatic carbocycles. The molecule has 0 bridgehead atoms. The molecule has 1 N–H and O–H groups in total. The van der Waals surface area contributed by atoms with Gasteiger partial charge in [-0.3, -0.25) is 0 Å². The van der Waals surface area contributed by atoms with E-state index >= 15 is 0 Å². The summed E-state index contributed by atoms with van der Waals surface area (Å²) < 4.78 is 14.9. The molecule has 4 heteroatoms. The van der Waals surface area contributed by atoms with E-state index in [9.17, 15) is 4.39 Å². The summed E-state index contributed by atoms with van der Waals surface area (Å²) >= 11 is 5.76. The standard InChI is InChI=1S/C11H10ClFN2/c12-5-11-6-14-8-15(11)7-9-2-1-3-10(13)4-9/h1-4,6,8H,5,7H2/p+1. The normalized spacial score (nSPS) is 10.5. The van der Waals surface area contributed by atoms with Crippen LogP contribution in [0.25, 0.3) is 0 Å². The third-order valence-electron chi connectivity index (χ3n) is 2.23. The molecule has 0 saturated heterocycles. The predicted molar refractivity (Wildman–Crippen MR) is 56.0 cm³/mol. The topological polar surface area (TPSA) is 19.7 Å². The fraction of sp³-hybridized carbons (Fsp3) is 0.182. The molecule has 1 aromatic heterocycles. The van der Waals surface area contributed by atoms with Crippen LogP contribution in [0.15, 0.2) is 36.8 Å². The van der Waals surface area contributed by atoms with Crippen LogP contribution >= 0.6 is 11.6 Å². The fourth-order valence-electron chi connectivity index (χ4n) is 1.48. The molecular weight excluding hydrogens is 215 g/mol. The summed E-state index contributed by atoms with van der Waals surface area (Å²) in [5, 5.41) is 0. The van der Waals surface area contributed by atoms with E-state index in [2.05, 4.69) is 4.98 Å². The molecule has 0 aliphatic carbocycles. The molecule has 0 atom stereocenters. The molecule has 1 heterocycles. The van der Waals surface area contributed by atoms with Gasteiger partial charge in [0, 0.05) is 0 Å². The molecule has 0 spiro atoms. The largest absolute Gasteiger partial charge is 0.250 e. The summed E-state index contributed by atoms with van der Waals surface area (Å²) in [6.07, 6.45) is 3.66. The second-order valence-electron chi connectivity index (χ2n) is 3.32. The second kappa shape index (κ2) is 4.45. The molecule has 0 unspecified atom stereocenters. The van der Waals surface area contributed by atoms with Crippen LogP contribution in [0, 0.1) is 5.82 Å². The highest BCUT2D eigenvalue weighted by molar-refractivity contribution is 6.16. The van der Waals surface area contributed by atoms with Gasteiger partial charge in [-0.1, -0.05) is 12.1 Å². The van der Waals surface area contributed by atoms with Gasteiger partial charge in [0.25, 0.3) is 0 Å². The third-order valence-corrected chi connectivity index (χ3v) is 2.50. The van der Waals surface area contributed by atoms with Crippen LogP contribution in [0.5, 0.6) is 0 Å². The van der Waals surface area contributed by atoms with E-state index in [-0.39, 0.29) is 5.82 Å². The number of imidazole rings is 1. The maximum absolute atomic E-state index is 12.9. The van der Waals surface area contributed by atoms with Crippen molar-refractivity contribution in [3.8, 4) is 0 Å². The Hall–Kier alpha value is -1.35. The number of halogens is 2. The van der Waals surface area contributed by atoms with E-state index in [0.717, 1.165) is 11.3 Å². The number of aromatic nitrogens is 2. The number of nitrogens with zero attached hydrogens (tertiary/aromatic N) is 1. The molecule has 2 rings (SSSR count).